The van der Waals surface area contributed by atoms with Crippen LogP contribution >= 0.6 is 28.1 Å². The summed E-state index contributed by atoms with van der Waals surface area (Å²) in [5.41, 5.74) is 2.45. The molecule has 0 aliphatic carbocycles. The molecule has 0 unspecified atom stereocenters. The van der Waals surface area contributed by atoms with Crippen molar-refractivity contribution in [1.29, 1.82) is 0 Å². The summed E-state index contributed by atoms with van der Waals surface area (Å²) in [4.78, 5) is 12.2. The Bertz CT molecular complexity index is 1010. The summed E-state index contributed by atoms with van der Waals surface area (Å²) in [7, 11) is 0. The highest BCUT2D eigenvalue weighted by Gasteiger charge is 2.11. The lowest BCUT2D eigenvalue weighted by Gasteiger charge is -2.17. The molecule has 0 radical (unpaired) electrons. The maximum Gasteiger partial charge on any atom is 0.258 e. The van der Waals surface area contributed by atoms with Crippen molar-refractivity contribution >= 4 is 50.5 Å². The Morgan fingerprint density at radius 3 is 2.14 bits per heavy atom. The molecule has 3 N–H and O–H groups in total. The molecule has 0 heterocycles. The highest BCUT2D eigenvalue weighted by Crippen LogP contribution is 2.18. The first-order chi connectivity index (χ1) is 13.9. The van der Waals surface area contributed by atoms with Crippen molar-refractivity contribution in [2.75, 3.05) is 10.6 Å². The first-order valence-electron chi connectivity index (χ1n) is 8.91. The molecule has 0 aromatic heterocycles. The summed E-state index contributed by atoms with van der Waals surface area (Å²) in [6.07, 6.45) is 0. The standard InChI is InChI=1S/C22H19BrFN3OS/c1-14(15-6-8-16(23)9-7-15)25-22(29)27-18-12-10-17(11-13-18)26-21(28)19-4-2-3-5-20(19)24/h2-14H,1H3,(H,26,28)(H2,25,27,29)/t14-/m0/s1. The fourth-order valence-corrected chi connectivity index (χ4v) is 3.24. The molecule has 0 aliphatic heterocycles. The van der Waals surface area contributed by atoms with E-state index in [-0.39, 0.29) is 11.6 Å². The molecule has 0 saturated carbocycles. The average molecular weight is 472 g/mol. The third-order valence-electron chi connectivity index (χ3n) is 4.24. The van der Waals surface area contributed by atoms with Gasteiger partial charge in [0.1, 0.15) is 5.82 Å². The molecule has 148 valence electrons. The molecule has 4 nitrogen and oxygen atoms in total. The van der Waals surface area contributed by atoms with Gasteiger partial charge in [-0.05, 0) is 73.2 Å². The topological polar surface area (TPSA) is 53.2 Å². The minimum absolute atomic E-state index is 0.00186. The number of hydrogen-bond acceptors (Lipinski definition) is 2. The van der Waals surface area contributed by atoms with E-state index in [1.807, 2.05) is 31.2 Å². The zero-order valence-electron chi connectivity index (χ0n) is 15.6. The predicted molar refractivity (Wildman–Crippen MR) is 123 cm³/mol. The van der Waals surface area contributed by atoms with Gasteiger partial charge >= 0.3 is 0 Å². The second-order valence-corrected chi connectivity index (χ2v) is 7.71. The fraction of sp³-hybridized carbons (Fsp3) is 0.0909. The van der Waals surface area contributed by atoms with E-state index in [0.29, 0.717) is 10.8 Å². The van der Waals surface area contributed by atoms with Crippen molar-refractivity contribution in [2.24, 2.45) is 0 Å². The van der Waals surface area contributed by atoms with Gasteiger partial charge in [0.2, 0.25) is 0 Å². The zero-order chi connectivity index (χ0) is 20.8. The normalized spacial score (nSPS) is 11.4. The largest absolute Gasteiger partial charge is 0.356 e. The predicted octanol–water partition coefficient (Wildman–Crippen LogP) is 5.89. The van der Waals surface area contributed by atoms with Gasteiger partial charge in [-0.25, -0.2) is 4.39 Å². The van der Waals surface area contributed by atoms with E-state index in [9.17, 15) is 9.18 Å². The van der Waals surface area contributed by atoms with Gasteiger partial charge in [0.05, 0.1) is 11.6 Å². The summed E-state index contributed by atoms with van der Waals surface area (Å²) in [5.74, 6) is -1.05. The number of hydrogen-bond donors (Lipinski definition) is 3. The zero-order valence-corrected chi connectivity index (χ0v) is 18.0. The number of nitrogens with one attached hydrogen (secondary N) is 3. The Morgan fingerprint density at radius 2 is 1.52 bits per heavy atom. The van der Waals surface area contributed by atoms with Crippen LogP contribution in [0, 0.1) is 5.82 Å². The van der Waals surface area contributed by atoms with Crippen LogP contribution in [0.25, 0.3) is 0 Å². The Morgan fingerprint density at radius 1 is 0.931 bits per heavy atom. The van der Waals surface area contributed by atoms with E-state index < -0.39 is 11.7 Å². The summed E-state index contributed by atoms with van der Waals surface area (Å²) in [6, 6.07) is 20.9. The number of amides is 1. The monoisotopic (exact) mass is 471 g/mol. The van der Waals surface area contributed by atoms with Crippen LogP contribution in [0.3, 0.4) is 0 Å². The second kappa shape index (κ2) is 9.62. The van der Waals surface area contributed by atoms with Crippen LogP contribution in [0.2, 0.25) is 0 Å². The first-order valence-corrected chi connectivity index (χ1v) is 10.1. The van der Waals surface area contributed by atoms with Crippen LogP contribution in [-0.4, -0.2) is 11.0 Å². The van der Waals surface area contributed by atoms with Crippen LogP contribution in [-0.2, 0) is 0 Å². The highest BCUT2D eigenvalue weighted by atomic mass is 79.9. The number of halogens is 2. The van der Waals surface area contributed by atoms with E-state index in [2.05, 4.69) is 31.9 Å². The fourth-order valence-electron chi connectivity index (χ4n) is 2.68. The van der Waals surface area contributed by atoms with Crippen LogP contribution in [0.15, 0.2) is 77.3 Å². The number of anilines is 2. The van der Waals surface area contributed by atoms with E-state index in [1.54, 1.807) is 36.4 Å². The van der Waals surface area contributed by atoms with E-state index >= 15 is 0 Å². The molecule has 0 spiro atoms. The number of carbonyl (C=O) groups is 1. The lowest BCUT2D eigenvalue weighted by molar-refractivity contribution is 0.102. The Hall–Kier alpha value is -2.77. The molecule has 0 fully saturated rings. The molecule has 7 heteroatoms. The molecule has 29 heavy (non-hydrogen) atoms. The van der Waals surface area contributed by atoms with Crippen LogP contribution < -0.4 is 16.0 Å². The van der Waals surface area contributed by atoms with Crippen molar-refractivity contribution in [2.45, 2.75) is 13.0 Å². The molecule has 0 bridgehead atoms. The maximum atomic E-state index is 13.7. The van der Waals surface area contributed by atoms with Gasteiger partial charge in [-0.15, -0.1) is 0 Å². The van der Waals surface area contributed by atoms with Gasteiger partial charge in [0.25, 0.3) is 5.91 Å². The van der Waals surface area contributed by atoms with Gasteiger partial charge in [-0.3, -0.25) is 4.79 Å². The van der Waals surface area contributed by atoms with Gasteiger partial charge in [0, 0.05) is 15.8 Å². The molecule has 1 amide bonds. The van der Waals surface area contributed by atoms with E-state index in [4.69, 9.17) is 12.2 Å². The minimum atomic E-state index is -0.556. The third kappa shape index (κ3) is 5.85. The molecular formula is C22H19BrFN3OS. The first kappa shape index (κ1) is 21.0. The van der Waals surface area contributed by atoms with Gasteiger partial charge in [0.15, 0.2) is 5.11 Å². The van der Waals surface area contributed by atoms with E-state index in [1.165, 1.54) is 12.1 Å². The Balaban J connectivity index is 1.56. The van der Waals surface area contributed by atoms with Crippen LogP contribution in [0.4, 0.5) is 15.8 Å². The van der Waals surface area contributed by atoms with E-state index in [0.717, 1.165) is 15.7 Å². The van der Waals surface area contributed by atoms with Gasteiger partial charge in [-0.1, -0.05) is 40.2 Å². The summed E-state index contributed by atoms with van der Waals surface area (Å²) in [6.45, 7) is 2.03. The lowest BCUT2D eigenvalue weighted by atomic mass is 10.1. The van der Waals surface area contributed by atoms with Crippen molar-refractivity contribution < 1.29 is 9.18 Å². The molecule has 3 aromatic rings. The van der Waals surface area contributed by atoms with Gasteiger partial charge < -0.3 is 16.0 Å². The molecule has 0 aliphatic rings. The minimum Gasteiger partial charge on any atom is -0.356 e. The Labute approximate surface area is 182 Å². The van der Waals surface area contributed by atoms with Crippen LogP contribution in [0.5, 0.6) is 0 Å². The maximum absolute atomic E-state index is 13.7. The summed E-state index contributed by atoms with van der Waals surface area (Å²) >= 11 is 8.80. The second-order valence-electron chi connectivity index (χ2n) is 6.38. The number of benzene rings is 3. The number of rotatable bonds is 5. The lowest BCUT2D eigenvalue weighted by Crippen LogP contribution is -2.30. The third-order valence-corrected chi connectivity index (χ3v) is 4.99. The average Bonchev–Trinajstić information content (AvgIpc) is 2.70. The van der Waals surface area contributed by atoms with Crippen molar-refractivity contribution in [1.82, 2.24) is 5.32 Å². The summed E-state index contributed by atoms with van der Waals surface area (Å²) < 4.78 is 14.7. The van der Waals surface area contributed by atoms with Crippen molar-refractivity contribution in [3.05, 3.63) is 94.2 Å². The van der Waals surface area contributed by atoms with Gasteiger partial charge in [-0.2, -0.15) is 0 Å². The quantitative estimate of drug-likeness (QED) is 0.406. The summed E-state index contributed by atoms with van der Waals surface area (Å²) in [5, 5.41) is 9.51. The van der Waals surface area contributed by atoms with Crippen molar-refractivity contribution in [3.8, 4) is 0 Å². The molecular weight excluding hydrogens is 453 g/mol. The molecule has 3 rings (SSSR count). The van der Waals surface area contributed by atoms with Crippen molar-refractivity contribution in [3.63, 3.8) is 0 Å². The molecule has 1 atom stereocenters. The number of thiocarbonyl (C=S) groups is 1. The highest BCUT2D eigenvalue weighted by molar-refractivity contribution is 9.10. The molecule has 0 saturated heterocycles. The SMILES string of the molecule is C[C@H](NC(=S)Nc1ccc(NC(=O)c2ccccc2F)cc1)c1ccc(Br)cc1. The molecule has 3 aromatic carbocycles. The smallest absolute Gasteiger partial charge is 0.258 e. The number of carbonyl (C=O) groups excluding carboxylic acids is 1. The van der Waals surface area contributed by atoms with Crippen LogP contribution in [0.1, 0.15) is 28.9 Å². The Kier molecular flexibility index (Phi) is 6.95.